The Morgan fingerprint density at radius 1 is 1.16 bits per heavy atom. The number of carbonyl (C=O) groups is 2. The fourth-order valence-electron chi connectivity index (χ4n) is 2.61. The van der Waals surface area contributed by atoms with Gasteiger partial charge in [-0.05, 0) is 42.5 Å². The van der Waals surface area contributed by atoms with Gasteiger partial charge in [-0.2, -0.15) is 0 Å². The second-order valence-corrected chi connectivity index (χ2v) is 6.18. The number of carbonyl (C=O) groups excluding carboxylic acids is 2. The molecule has 25 heavy (non-hydrogen) atoms. The summed E-state index contributed by atoms with van der Waals surface area (Å²) in [6, 6.07) is 12.4. The van der Waals surface area contributed by atoms with Gasteiger partial charge in [-0.25, -0.2) is 0 Å². The van der Waals surface area contributed by atoms with Gasteiger partial charge in [-0.15, -0.1) is 0 Å². The van der Waals surface area contributed by atoms with Crippen LogP contribution in [0, 0.1) is 0 Å². The van der Waals surface area contributed by atoms with E-state index in [9.17, 15) is 9.59 Å². The zero-order chi connectivity index (χ0) is 18.0. The predicted octanol–water partition coefficient (Wildman–Crippen LogP) is 2.47. The minimum absolute atomic E-state index is 0.112. The number of ether oxygens (including phenoxy) is 1. The van der Waals surface area contributed by atoms with Crippen LogP contribution in [0.4, 0.5) is 11.4 Å². The summed E-state index contributed by atoms with van der Waals surface area (Å²) in [5.41, 5.74) is 2.60. The van der Waals surface area contributed by atoms with Gasteiger partial charge >= 0.3 is 0 Å². The first kappa shape index (κ1) is 16.8. The summed E-state index contributed by atoms with van der Waals surface area (Å²) >= 11 is 0. The second-order valence-electron chi connectivity index (χ2n) is 6.18. The molecule has 2 aromatic carbocycles. The van der Waals surface area contributed by atoms with Crippen LogP contribution in [0.2, 0.25) is 0 Å². The van der Waals surface area contributed by atoms with Crippen molar-refractivity contribution in [2.24, 2.45) is 0 Å². The van der Waals surface area contributed by atoms with Crippen LogP contribution in [0.3, 0.4) is 0 Å². The van der Waals surface area contributed by atoms with Crippen molar-refractivity contribution in [2.75, 3.05) is 44.5 Å². The van der Waals surface area contributed by atoms with Gasteiger partial charge in [0.05, 0.1) is 12.1 Å². The molecule has 0 saturated carbocycles. The van der Waals surface area contributed by atoms with Crippen molar-refractivity contribution < 1.29 is 14.3 Å². The summed E-state index contributed by atoms with van der Waals surface area (Å²) in [4.78, 5) is 28.4. The van der Waals surface area contributed by atoms with Crippen molar-refractivity contribution in [1.82, 2.24) is 4.90 Å². The molecule has 1 heterocycles. The number of amides is 2. The number of likely N-dealkylation sites (N-methyl/N-ethyl adjacent to an activating group) is 1. The number of benzene rings is 2. The molecule has 0 aromatic heterocycles. The second kappa shape index (κ2) is 6.84. The van der Waals surface area contributed by atoms with E-state index in [1.807, 2.05) is 31.1 Å². The van der Waals surface area contributed by atoms with Gasteiger partial charge in [-0.1, -0.05) is 0 Å². The van der Waals surface area contributed by atoms with Gasteiger partial charge in [0, 0.05) is 38.1 Å². The molecule has 6 heteroatoms. The van der Waals surface area contributed by atoms with Gasteiger partial charge in [0.15, 0.2) is 0 Å². The molecule has 0 aliphatic carbocycles. The standard InChI is InChI=1S/C19H21N3O3/c1-21(2)15-7-4-13(5-8-15)18(23)20-14-6-9-17-16(12-14)19(24)22(3)10-11-25-17/h4-9,12H,10-11H2,1-3H3,(H,20,23). The first-order valence-electron chi connectivity index (χ1n) is 8.07. The molecule has 2 aromatic rings. The number of rotatable bonds is 3. The molecule has 0 unspecified atom stereocenters. The molecule has 1 aliphatic rings. The van der Waals surface area contributed by atoms with Crippen molar-refractivity contribution in [3.63, 3.8) is 0 Å². The highest BCUT2D eigenvalue weighted by molar-refractivity contribution is 6.05. The number of fused-ring (bicyclic) bond motifs is 1. The third kappa shape index (κ3) is 3.57. The van der Waals surface area contributed by atoms with Crippen LogP contribution in [0.1, 0.15) is 20.7 Å². The van der Waals surface area contributed by atoms with E-state index in [-0.39, 0.29) is 11.8 Å². The summed E-state index contributed by atoms with van der Waals surface area (Å²) in [5.74, 6) is 0.210. The largest absolute Gasteiger partial charge is 0.491 e. The van der Waals surface area contributed by atoms with E-state index in [1.165, 1.54) is 0 Å². The van der Waals surface area contributed by atoms with Crippen LogP contribution in [0.5, 0.6) is 5.75 Å². The molecule has 0 fully saturated rings. The van der Waals surface area contributed by atoms with Crippen molar-refractivity contribution in [2.45, 2.75) is 0 Å². The van der Waals surface area contributed by atoms with E-state index in [1.54, 1.807) is 42.3 Å². The monoisotopic (exact) mass is 339 g/mol. The zero-order valence-electron chi connectivity index (χ0n) is 14.6. The molecule has 6 nitrogen and oxygen atoms in total. The van der Waals surface area contributed by atoms with Crippen LogP contribution in [0.25, 0.3) is 0 Å². The van der Waals surface area contributed by atoms with Crippen LogP contribution < -0.4 is 15.0 Å². The lowest BCUT2D eigenvalue weighted by Gasteiger charge is -2.14. The Labute approximate surface area is 147 Å². The number of hydrogen-bond acceptors (Lipinski definition) is 4. The maximum Gasteiger partial charge on any atom is 0.257 e. The van der Waals surface area contributed by atoms with E-state index < -0.39 is 0 Å². The minimum atomic E-state index is -0.222. The van der Waals surface area contributed by atoms with Crippen molar-refractivity contribution in [3.05, 3.63) is 53.6 Å². The van der Waals surface area contributed by atoms with Gasteiger partial charge in [0.2, 0.25) is 0 Å². The van der Waals surface area contributed by atoms with Gasteiger partial charge < -0.3 is 19.9 Å². The number of hydrogen-bond donors (Lipinski definition) is 1. The number of nitrogens with zero attached hydrogens (tertiary/aromatic N) is 2. The summed E-state index contributed by atoms with van der Waals surface area (Å²) in [5, 5.41) is 2.83. The molecule has 1 N–H and O–H groups in total. The molecule has 0 radical (unpaired) electrons. The third-order valence-electron chi connectivity index (χ3n) is 4.14. The lowest BCUT2D eigenvalue weighted by atomic mass is 10.1. The lowest BCUT2D eigenvalue weighted by Crippen LogP contribution is -2.27. The maximum absolute atomic E-state index is 12.4. The summed E-state index contributed by atoms with van der Waals surface area (Å²) < 4.78 is 5.59. The van der Waals surface area contributed by atoms with Crippen molar-refractivity contribution in [3.8, 4) is 5.75 Å². The average molecular weight is 339 g/mol. The van der Waals surface area contributed by atoms with Crippen LogP contribution >= 0.6 is 0 Å². The smallest absolute Gasteiger partial charge is 0.257 e. The van der Waals surface area contributed by atoms with Crippen molar-refractivity contribution >= 4 is 23.2 Å². The Hall–Kier alpha value is -3.02. The van der Waals surface area contributed by atoms with Gasteiger partial charge in [0.1, 0.15) is 12.4 Å². The SMILES string of the molecule is CN1CCOc2ccc(NC(=O)c3ccc(N(C)C)cc3)cc2C1=O. The molecule has 3 rings (SSSR count). The van der Waals surface area contributed by atoms with E-state index in [0.29, 0.717) is 35.7 Å². The highest BCUT2D eigenvalue weighted by Gasteiger charge is 2.21. The Morgan fingerprint density at radius 3 is 2.56 bits per heavy atom. The molecule has 0 saturated heterocycles. The Bertz CT molecular complexity index is 800. The zero-order valence-corrected chi connectivity index (χ0v) is 14.6. The molecule has 2 amide bonds. The Morgan fingerprint density at radius 2 is 1.88 bits per heavy atom. The Kier molecular flexibility index (Phi) is 4.61. The maximum atomic E-state index is 12.4. The van der Waals surface area contributed by atoms with E-state index in [2.05, 4.69) is 5.32 Å². The number of nitrogens with one attached hydrogen (secondary N) is 1. The summed E-state index contributed by atoms with van der Waals surface area (Å²) in [6.07, 6.45) is 0. The summed E-state index contributed by atoms with van der Waals surface area (Å²) in [6.45, 7) is 0.993. The van der Waals surface area contributed by atoms with E-state index in [0.717, 1.165) is 5.69 Å². The molecular weight excluding hydrogens is 318 g/mol. The first-order valence-corrected chi connectivity index (χ1v) is 8.07. The topological polar surface area (TPSA) is 61.9 Å². The van der Waals surface area contributed by atoms with E-state index in [4.69, 9.17) is 4.74 Å². The van der Waals surface area contributed by atoms with Crippen LogP contribution in [0.15, 0.2) is 42.5 Å². The van der Waals surface area contributed by atoms with Crippen LogP contribution in [-0.4, -0.2) is 51.0 Å². The van der Waals surface area contributed by atoms with Crippen LogP contribution in [-0.2, 0) is 0 Å². The van der Waals surface area contributed by atoms with Crippen molar-refractivity contribution in [1.29, 1.82) is 0 Å². The lowest BCUT2D eigenvalue weighted by molar-refractivity contribution is 0.0796. The number of anilines is 2. The minimum Gasteiger partial charge on any atom is -0.491 e. The first-order chi connectivity index (χ1) is 12.0. The van der Waals surface area contributed by atoms with E-state index >= 15 is 0 Å². The quantitative estimate of drug-likeness (QED) is 0.933. The highest BCUT2D eigenvalue weighted by atomic mass is 16.5. The molecule has 130 valence electrons. The average Bonchev–Trinajstić information content (AvgIpc) is 2.74. The molecule has 0 spiro atoms. The fraction of sp³-hybridized carbons (Fsp3) is 0.263. The Balaban J connectivity index is 1.80. The third-order valence-corrected chi connectivity index (χ3v) is 4.14. The molecule has 0 atom stereocenters. The normalized spacial score (nSPS) is 13.6. The highest BCUT2D eigenvalue weighted by Crippen LogP contribution is 2.26. The summed E-state index contributed by atoms with van der Waals surface area (Å²) in [7, 11) is 5.63. The fourth-order valence-corrected chi connectivity index (χ4v) is 2.61. The van der Waals surface area contributed by atoms with Gasteiger partial charge in [0.25, 0.3) is 11.8 Å². The molecular formula is C19H21N3O3. The van der Waals surface area contributed by atoms with Gasteiger partial charge in [-0.3, -0.25) is 9.59 Å². The molecule has 0 bridgehead atoms. The predicted molar refractivity (Wildman–Crippen MR) is 97.6 cm³/mol. The molecule has 1 aliphatic heterocycles.